The number of anilines is 1. The Balaban J connectivity index is 1.73. The summed E-state index contributed by atoms with van der Waals surface area (Å²) in [6.07, 6.45) is 0.887. The lowest BCUT2D eigenvalue weighted by Crippen LogP contribution is -2.44. The number of hydrogen-bond donors (Lipinski definition) is 1. The van der Waals surface area contributed by atoms with Gasteiger partial charge in [-0.3, -0.25) is 9.69 Å². The molecule has 138 valence electrons. The Hall–Kier alpha value is -2.53. The van der Waals surface area contributed by atoms with Crippen LogP contribution in [0.1, 0.15) is 23.6 Å². The van der Waals surface area contributed by atoms with Gasteiger partial charge >= 0.3 is 0 Å². The molecule has 1 atom stereocenters. The van der Waals surface area contributed by atoms with Crippen molar-refractivity contribution in [3.05, 3.63) is 53.1 Å². The fraction of sp³-hybridized carbons (Fsp3) is 0.381. The molecule has 1 unspecified atom stereocenters. The molecule has 3 rings (SSSR count). The minimum absolute atomic E-state index is 0.0169. The third-order valence-corrected chi connectivity index (χ3v) is 5.08. The Morgan fingerprint density at radius 2 is 1.77 bits per heavy atom. The van der Waals surface area contributed by atoms with E-state index in [1.165, 1.54) is 11.1 Å². The van der Waals surface area contributed by atoms with E-state index < -0.39 is 0 Å². The van der Waals surface area contributed by atoms with E-state index in [0.717, 1.165) is 42.3 Å². The first-order valence-electron chi connectivity index (χ1n) is 8.87. The Bertz CT molecular complexity index is 804. The van der Waals surface area contributed by atoms with Crippen molar-refractivity contribution >= 4 is 11.6 Å². The van der Waals surface area contributed by atoms with Gasteiger partial charge in [0.25, 0.3) is 0 Å². The van der Waals surface area contributed by atoms with Gasteiger partial charge in [-0.1, -0.05) is 18.2 Å². The number of benzene rings is 2. The van der Waals surface area contributed by atoms with Gasteiger partial charge in [-0.2, -0.15) is 0 Å². The minimum atomic E-state index is -0.212. The number of nitrogens with one attached hydrogen (secondary N) is 1. The summed E-state index contributed by atoms with van der Waals surface area (Å²) >= 11 is 0. The van der Waals surface area contributed by atoms with Crippen molar-refractivity contribution in [1.29, 1.82) is 0 Å². The molecule has 0 bridgehead atoms. The number of hydrogen-bond acceptors (Lipinski definition) is 4. The Labute approximate surface area is 154 Å². The molecule has 1 N–H and O–H groups in total. The lowest BCUT2D eigenvalue weighted by molar-refractivity contribution is -0.121. The van der Waals surface area contributed by atoms with Gasteiger partial charge in [0.15, 0.2) is 11.5 Å². The zero-order valence-electron chi connectivity index (χ0n) is 15.8. The van der Waals surface area contributed by atoms with Crippen molar-refractivity contribution in [2.75, 3.05) is 26.1 Å². The molecule has 1 aliphatic heterocycles. The summed E-state index contributed by atoms with van der Waals surface area (Å²) in [7, 11) is 3.29. The summed E-state index contributed by atoms with van der Waals surface area (Å²) in [5.41, 5.74) is 4.37. The lowest BCUT2D eigenvalue weighted by Gasteiger charge is -2.33. The highest BCUT2D eigenvalue weighted by molar-refractivity contribution is 5.95. The van der Waals surface area contributed by atoms with Gasteiger partial charge in [0.2, 0.25) is 5.91 Å². The first kappa shape index (κ1) is 18.3. The highest BCUT2D eigenvalue weighted by atomic mass is 16.5. The first-order valence-corrected chi connectivity index (χ1v) is 8.87. The van der Waals surface area contributed by atoms with Gasteiger partial charge in [-0.25, -0.2) is 0 Å². The quantitative estimate of drug-likeness (QED) is 0.894. The van der Waals surface area contributed by atoms with Crippen molar-refractivity contribution in [3.63, 3.8) is 0 Å². The molecule has 0 radical (unpaired) electrons. The molecular weight excluding hydrogens is 328 g/mol. The summed E-state index contributed by atoms with van der Waals surface area (Å²) in [5, 5.41) is 3.05. The molecule has 26 heavy (non-hydrogen) atoms. The number of amides is 1. The van der Waals surface area contributed by atoms with Crippen LogP contribution in [0, 0.1) is 6.92 Å². The normalized spacial score (nSPS) is 15.1. The predicted octanol–water partition coefficient (Wildman–Crippen LogP) is 3.40. The Morgan fingerprint density at radius 3 is 2.42 bits per heavy atom. The van der Waals surface area contributed by atoms with E-state index in [1.54, 1.807) is 14.2 Å². The highest BCUT2D eigenvalue weighted by Crippen LogP contribution is 2.33. The van der Waals surface area contributed by atoms with Gasteiger partial charge < -0.3 is 14.8 Å². The summed E-state index contributed by atoms with van der Waals surface area (Å²) < 4.78 is 10.8. The van der Waals surface area contributed by atoms with E-state index >= 15 is 0 Å². The number of carbonyl (C=O) groups excluding carboxylic acids is 1. The van der Waals surface area contributed by atoms with E-state index in [1.807, 2.05) is 50.2 Å². The van der Waals surface area contributed by atoms with Crippen LogP contribution in [0.15, 0.2) is 36.4 Å². The van der Waals surface area contributed by atoms with Crippen LogP contribution in [0.2, 0.25) is 0 Å². The molecule has 5 nitrogen and oxygen atoms in total. The second-order valence-corrected chi connectivity index (χ2v) is 6.68. The average Bonchev–Trinajstić information content (AvgIpc) is 2.67. The highest BCUT2D eigenvalue weighted by Gasteiger charge is 2.26. The molecular formula is C21H26N2O3. The standard InChI is InChI=1S/C21H26N2O3/c1-14-7-5-6-8-18(14)22-21(24)15(2)23-10-9-16-11-19(25-3)20(26-4)12-17(16)13-23/h5-8,11-12,15H,9-10,13H2,1-4H3,(H,22,24). The van der Waals surface area contributed by atoms with E-state index in [9.17, 15) is 4.79 Å². The number of fused-ring (bicyclic) bond motifs is 1. The predicted molar refractivity (Wildman–Crippen MR) is 103 cm³/mol. The fourth-order valence-electron chi connectivity index (χ4n) is 3.35. The number of para-hydroxylation sites is 1. The van der Waals surface area contributed by atoms with Crippen LogP contribution in [0.4, 0.5) is 5.69 Å². The van der Waals surface area contributed by atoms with Gasteiger partial charge in [-0.15, -0.1) is 0 Å². The van der Waals surface area contributed by atoms with E-state index in [-0.39, 0.29) is 11.9 Å². The molecule has 0 saturated heterocycles. The van der Waals surface area contributed by atoms with Crippen LogP contribution in [0.25, 0.3) is 0 Å². The molecule has 2 aromatic rings. The maximum atomic E-state index is 12.7. The summed E-state index contributed by atoms with van der Waals surface area (Å²) in [4.78, 5) is 14.9. The molecule has 2 aromatic carbocycles. The number of rotatable bonds is 5. The van der Waals surface area contributed by atoms with Crippen LogP contribution in [0.3, 0.4) is 0 Å². The number of nitrogens with zero attached hydrogens (tertiary/aromatic N) is 1. The minimum Gasteiger partial charge on any atom is -0.493 e. The molecule has 1 aliphatic rings. The molecule has 0 spiro atoms. The summed E-state index contributed by atoms with van der Waals surface area (Å²) in [6, 6.07) is 11.7. The topological polar surface area (TPSA) is 50.8 Å². The van der Waals surface area contributed by atoms with Crippen molar-refractivity contribution < 1.29 is 14.3 Å². The first-order chi connectivity index (χ1) is 12.5. The monoisotopic (exact) mass is 354 g/mol. The molecule has 1 heterocycles. The van der Waals surface area contributed by atoms with Crippen LogP contribution >= 0.6 is 0 Å². The Kier molecular flexibility index (Phi) is 5.47. The van der Waals surface area contributed by atoms with E-state index in [2.05, 4.69) is 10.2 Å². The van der Waals surface area contributed by atoms with Crippen molar-refractivity contribution in [3.8, 4) is 11.5 Å². The SMILES string of the molecule is COc1cc2c(cc1OC)CN(C(C)C(=O)Nc1ccccc1C)CC2. The van der Waals surface area contributed by atoms with E-state index in [4.69, 9.17) is 9.47 Å². The molecule has 0 aromatic heterocycles. The second kappa shape index (κ2) is 7.79. The Morgan fingerprint density at radius 1 is 1.12 bits per heavy atom. The average molecular weight is 354 g/mol. The second-order valence-electron chi connectivity index (χ2n) is 6.68. The number of carbonyl (C=O) groups is 1. The van der Waals surface area contributed by atoms with Gasteiger partial charge in [0.1, 0.15) is 0 Å². The van der Waals surface area contributed by atoms with E-state index in [0.29, 0.717) is 0 Å². The van der Waals surface area contributed by atoms with Crippen LogP contribution in [-0.4, -0.2) is 37.6 Å². The lowest BCUT2D eigenvalue weighted by atomic mass is 9.97. The van der Waals surface area contributed by atoms with Crippen molar-refractivity contribution in [1.82, 2.24) is 4.90 Å². The van der Waals surface area contributed by atoms with Gasteiger partial charge in [-0.05, 0) is 55.2 Å². The molecule has 0 saturated carbocycles. The zero-order chi connectivity index (χ0) is 18.7. The molecule has 0 aliphatic carbocycles. The third kappa shape index (κ3) is 3.68. The molecule has 1 amide bonds. The number of aryl methyl sites for hydroxylation is 1. The van der Waals surface area contributed by atoms with Crippen molar-refractivity contribution in [2.45, 2.75) is 32.9 Å². The smallest absolute Gasteiger partial charge is 0.241 e. The van der Waals surface area contributed by atoms with Crippen LogP contribution in [-0.2, 0) is 17.8 Å². The summed E-state index contributed by atoms with van der Waals surface area (Å²) in [6.45, 7) is 5.51. The maximum Gasteiger partial charge on any atom is 0.241 e. The van der Waals surface area contributed by atoms with Crippen molar-refractivity contribution in [2.24, 2.45) is 0 Å². The van der Waals surface area contributed by atoms with Crippen LogP contribution < -0.4 is 14.8 Å². The number of ether oxygens (including phenoxy) is 2. The van der Waals surface area contributed by atoms with Gasteiger partial charge in [0, 0.05) is 18.8 Å². The zero-order valence-corrected chi connectivity index (χ0v) is 15.8. The van der Waals surface area contributed by atoms with Gasteiger partial charge in [0.05, 0.1) is 20.3 Å². The largest absolute Gasteiger partial charge is 0.493 e. The fourth-order valence-corrected chi connectivity index (χ4v) is 3.35. The number of methoxy groups -OCH3 is 2. The third-order valence-electron chi connectivity index (χ3n) is 5.08. The maximum absolute atomic E-state index is 12.7. The molecule has 0 fully saturated rings. The molecule has 5 heteroatoms. The summed E-state index contributed by atoms with van der Waals surface area (Å²) in [5.74, 6) is 1.50. The van der Waals surface area contributed by atoms with Crippen LogP contribution in [0.5, 0.6) is 11.5 Å².